The summed E-state index contributed by atoms with van der Waals surface area (Å²) < 4.78 is 32.5. The molecule has 2 aromatic rings. The van der Waals surface area contributed by atoms with Crippen molar-refractivity contribution in [2.75, 3.05) is 11.8 Å². The van der Waals surface area contributed by atoms with Gasteiger partial charge in [0.15, 0.2) is 5.03 Å². The van der Waals surface area contributed by atoms with Crippen molar-refractivity contribution >= 4 is 33.0 Å². The third-order valence-corrected chi connectivity index (χ3v) is 4.38. The number of thiophene rings is 1. The van der Waals surface area contributed by atoms with Crippen LogP contribution in [0.15, 0.2) is 29.0 Å². The zero-order chi connectivity index (χ0) is 14.0. The van der Waals surface area contributed by atoms with E-state index in [1.54, 1.807) is 12.4 Å². The van der Waals surface area contributed by atoms with Crippen molar-refractivity contribution < 1.29 is 17.9 Å². The summed E-state index contributed by atoms with van der Waals surface area (Å²) in [4.78, 5) is 15.4. The minimum Gasteiger partial charge on any atom is -0.465 e. The lowest BCUT2D eigenvalue weighted by Gasteiger charge is -2.05. The molecule has 0 radical (unpaired) electrons. The first-order valence-corrected chi connectivity index (χ1v) is 7.47. The molecule has 0 spiro atoms. The molecule has 2 heterocycles. The Morgan fingerprint density at radius 3 is 2.84 bits per heavy atom. The maximum absolute atomic E-state index is 12.0. The Bertz CT molecular complexity index is 702. The van der Waals surface area contributed by atoms with E-state index in [4.69, 9.17) is 0 Å². The van der Waals surface area contributed by atoms with Gasteiger partial charge in [-0.15, -0.1) is 11.3 Å². The Morgan fingerprint density at radius 1 is 1.53 bits per heavy atom. The van der Waals surface area contributed by atoms with Crippen LogP contribution >= 0.6 is 11.3 Å². The van der Waals surface area contributed by atoms with Crippen LogP contribution in [0.3, 0.4) is 0 Å². The molecule has 0 saturated heterocycles. The number of rotatable bonds is 4. The monoisotopic (exact) mass is 301 g/mol. The molecule has 0 aliphatic heterocycles. The van der Waals surface area contributed by atoms with E-state index in [1.807, 2.05) is 0 Å². The predicted molar refractivity (Wildman–Crippen MR) is 69.7 cm³/mol. The molecular weight excluding hydrogens is 290 g/mol. The van der Waals surface area contributed by atoms with Crippen LogP contribution in [0.5, 0.6) is 0 Å². The Kier molecular flexibility index (Phi) is 3.58. The largest absolute Gasteiger partial charge is 0.465 e. The van der Waals surface area contributed by atoms with Gasteiger partial charge < -0.3 is 9.30 Å². The van der Waals surface area contributed by atoms with Crippen LogP contribution in [0.2, 0.25) is 0 Å². The first kappa shape index (κ1) is 13.6. The number of hydrogen-bond acceptors (Lipinski definition) is 6. The highest BCUT2D eigenvalue weighted by molar-refractivity contribution is 7.92. The van der Waals surface area contributed by atoms with Crippen LogP contribution in [0, 0.1) is 0 Å². The summed E-state index contributed by atoms with van der Waals surface area (Å²) in [6, 6.07) is 1.50. The fourth-order valence-corrected chi connectivity index (χ4v) is 3.25. The van der Waals surface area contributed by atoms with Gasteiger partial charge in [-0.3, -0.25) is 4.72 Å². The lowest BCUT2D eigenvalue weighted by Crippen LogP contribution is -2.15. The maximum Gasteiger partial charge on any atom is 0.350 e. The first-order chi connectivity index (χ1) is 8.94. The molecule has 19 heavy (non-hydrogen) atoms. The highest BCUT2D eigenvalue weighted by Gasteiger charge is 2.21. The summed E-state index contributed by atoms with van der Waals surface area (Å²) >= 11 is 1.10. The Labute approximate surface area is 113 Å². The van der Waals surface area contributed by atoms with Crippen LogP contribution in [0.1, 0.15) is 9.67 Å². The molecule has 7 nitrogen and oxygen atoms in total. The van der Waals surface area contributed by atoms with Crippen LogP contribution in [-0.4, -0.2) is 31.0 Å². The number of hydrogen-bond donors (Lipinski definition) is 1. The van der Waals surface area contributed by atoms with Crippen molar-refractivity contribution in [1.29, 1.82) is 0 Å². The van der Waals surface area contributed by atoms with Gasteiger partial charge in [-0.1, -0.05) is 0 Å². The molecule has 0 saturated carbocycles. The molecule has 9 heteroatoms. The van der Waals surface area contributed by atoms with E-state index >= 15 is 0 Å². The lowest BCUT2D eigenvalue weighted by atomic mass is 10.4. The van der Waals surface area contributed by atoms with Gasteiger partial charge in [0.05, 0.1) is 19.1 Å². The number of aryl methyl sites for hydroxylation is 1. The van der Waals surface area contributed by atoms with Gasteiger partial charge in [-0.25, -0.2) is 9.78 Å². The summed E-state index contributed by atoms with van der Waals surface area (Å²) in [6.07, 6.45) is 2.75. The molecule has 0 aliphatic rings. The van der Waals surface area contributed by atoms with E-state index in [2.05, 4.69) is 14.4 Å². The smallest absolute Gasteiger partial charge is 0.350 e. The average molecular weight is 301 g/mol. The van der Waals surface area contributed by atoms with Gasteiger partial charge in [-0.05, 0) is 11.4 Å². The van der Waals surface area contributed by atoms with Gasteiger partial charge in [0.25, 0.3) is 10.0 Å². The quantitative estimate of drug-likeness (QED) is 0.853. The van der Waals surface area contributed by atoms with Crippen molar-refractivity contribution in [2.24, 2.45) is 7.05 Å². The summed E-state index contributed by atoms with van der Waals surface area (Å²) in [5.74, 6) is -0.589. The van der Waals surface area contributed by atoms with Gasteiger partial charge >= 0.3 is 5.97 Å². The molecule has 102 valence electrons. The number of methoxy groups -OCH3 is 1. The second-order valence-electron chi connectivity index (χ2n) is 3.64. The van der Waals surface area contributed by atoms with Crippen LogP contribution < -0.4 is 4.72 Å². The summed E-state index contributed by atoms with van der Waals surface area (Å²) in [7, 11) is -0.911. The number of imidazole rings is 1. The highest BCUT2D eigenvalue weighted by Crippen LogP contribution is 2.25. The Morgan fingerprint density at radius 2 is 2.26 bits per heavy atom. The summed E-state index contributed by atoms with van der Waals surface area (Å²) in [5, 5.41) is 1.49. The predicted octanol–water partition coefficient (Wildman–Crippen LogP) is 1.07. The third kappa shape index (κ3) is 2.76. The molecule has 0 aliphatic carbocycles. The van der Waals surface area contributed by atoms with Crippen molar-refractivity contribution in [2.45, 2.75) is 5.03 Å². The standard InChI is InChI=1S/C10H11N3O4S2/c1-13-5-8(11-6-13)19(15,16)12-7-3-4-18-9(7)10(14)17-2/h3-6,12H,1-2H3. The number of aromatic nitrogens is 2. The fourth-order valence-electron chi connectivity index (χ4n) is 1.37. The number of nitrogens with one attached hydrogen (secondary N) is 1. The lowest BCUT2D eigenvalue weighted by molar-refractivity contribution is 0.0607. The van der Waals surface area contributed by atoms with Gasteiger partial charge in [0.1, 0.15) is 4.88 Å². The molecule has 1 N–H and O–H groups in total. The van der Waals surface area contributed by atoms with E-state index in [-0.39, 0.29) is 15.6 Å². The average Bonchev–Trinajstić information content (AvgIpc) is 2.97. The van der Waals surface area contributed by atoms with Crippen molar-refractivity contribution in [3.8, 4) is 0 Å². The number of carbonyl (C=O) groups excluding carboxylic acids is 1. The van der Waals surface area contributed by atoms with Crippen molar-refractivity contribution in [3.63, 3.8) is 0 Å². The number of anilines is 1. The molecule has 0 bridgehead atoms. The number of esters is 1. The number of carbonyl (C=O) groups is 1. The Balaban J connectivity index is 2.31. The zero-order valence-corrected chi connectivity index (χ0v) is 11.8. The molecule has 0 aromatic carbocycles. The normalized spacial score (nSPS) is 11.3. The number of sulfonamides is 1. The first-order valence-electron chi connectivity index (χ1n) is 5.10. The van der Waals surface area contributed by atoms with E-state index < -0.39 is 16.0 Å². The minimum absolute atomic E-state index is 0.114. The Hall–Kier alpha value is -1.87. The topological polar surface area (TPSA) is 90.3 Å². The van der Waals surface area contributed by atoms with Crippen LogP contribution in [-0.2, 0) is 21.8 Å². The minimum atomic E-state index is -3.81. The van der Waals surface area contributed by atoms with E-state index in [0.29, 0.717) is 0 Å². The molecule has 0 amide bonds. The molecular formula is C10H11N3O4S2. The molecule has 2 rings (SSSR count). The van der Waals surface area contributed by atoms with Gasteiger partial charge in [0.2, 0.25) is 0 Å². The summed E-state index contributed by atoms with van der Waals surface area (Å²) in [5.41, 5.74) is 0.183. The maximum atomic E-state index is 12.0. The second-order valence-corrected chi connectivity index (χ2v) is 6.18. The second kappa shape index (κ2) is 5.02. The van der Waals surface area contributed by atoms with E-state index in [1.165, 1.54) is 30.3 Å². The molecule has 2 aromatic heterocycles. The van der Waals surface area contributed by atoms with Gasteiger partial charge in [0, 0.05) is 13.2 Å². The molecule has 0 atom stereocenters. The van der Waals surface area contributed by atoms with Crippen molar-refractivity contribution in [3.05, 3.63) is 28.8 Å². The zero-order valence-electron chi connectivity index (χ0n) is 10.2. The highest BCUT2D eigenvalue weighted by atomic mass is 32.2. The third-order valence-electron chi connectivity index (χ3n) is 2.24. The van der Waals surface area contributed by atoms with Crippen LogP contribution in [0.4, 0.5) is 5.69 Å². The molecule has 0 unspecified atom stereocenters. The summed E-state index contributed by atoms with van der Waals surface area (Å²) in [6.45, 7) is 0. The number of nitrogens with zero attached hydrogens (tertiary/aromatic N) is 2. The molecule has 0 fully saturated rings. The van der Waals surface area contributed by atoms with Gasteiger partial charge in [-0.2, -0.15) is 8.42 Å². The SMILES string of the molecule is COC(=O)c1sccc1NS(=O)(=O)c1cn(C)cn1. The number of ether oxygens (including phenoxy) is 1. The van der Waals surface area contributed by atoms with Crippen LogP contribution in [0.25, 0.3) is 0 Å². The van der Waals surface area contributed by atoms with Crippen molar-refractivity contribution in [1.82, 2.24) is 9.55 Å². The van der Waals surface area contributed by atoms with E-state index in [0.717, 1.165) is 11.3 Å². The fraction of sp³-hybridized carbons (Fsp3) is 0.200. The van der Waals surface area contributed by atoms with E-state index in [9.17, 15) is 13.2 Å².